The van der Waals surface area contributed by atoms with E-state index in [-0.39, 0.29) is 11.6 Å². The van der Waals surface area contributed by atoms with E-state index in [0.717, 1.165) is 11.3 Å². The molecule has 30 heavy (non-hydrogen) atoms. The Bertz CT molecular complexity index is 1170. The van der Waals surface area contributed by atoms with E-state index in [1.54, 1.807) is 31.2 Å². The number of hydrogen-bond acceptors (Lipinski definition) is 6. The third kappa shape index (κ3) is 3.72. The SMILES string of the molecule is Cc1noc(-c2c(Cl)cccc2Cl)c1C1=N/C(=C\c2ccc(N(C)C)cc2)C(=O)O1. The maximum Gasteiger partial charge on any atom is 0.363 e. The highest BCUT2D eigenvalue weighted by Gasteiger charge is 2.31. The van der Waals surface area contributed by atoms with Crippen LogP contribution in [0.15, 0.2) is 57.7 Å². The zero-order valence-corrected chi connectivity index (χ0v) is 18.0. The van der Waals surface area contributed by atoms with Crippen LogP contribution in [0.4, 0.5) is 5.69 Å². The van der Waals surface area contributed by atoms with Gasteiger partial charge in [-0.05, 0) is 42.8 Å². The Morgan fingerprint density at radius 1 is 1.00 bits per heavy atom. The molecule has 0 amide bonds. The van der Waals surface area contributed by atoms with Gasteiger partial charge in [0.2, 0.25) is 5.90 Å². The van der Waals surface area contributed by atoms with Gasteiger partial charge in [-0.15, -0.1) is 0 Å². The predicted octanol–water partition coefficient (Wildman–Crippen LogP) is 5.37. The van der Waals surface area contributed by atoms with Crippen LogP contribution in [0.3, 0.4) is 0 Å². The highest BCUT2D eigenvalue weighted by atomic mass is 35.5. The fourth-order valence-corrected chi connectivity index (χ4v) is 3.62. The molecule has 152 valence electrons. The molecule has 1 aromatic heterocycles. The van der Waals surface area contributed by atoms with Crippen molar-refractivity contribution in [3.05, 3.63) is 75.0 Å². The van der Waals surface area contributed by atoms with Crippen LogP contribution in [0.5, 0.6) is 0 Å². The number of hydrogen-bond donors (Lipinski definition) is 0. The number of nitrogens with zero attached hydrogens (tertiary/aromatic N) is 3. The van der Waals surface area contributed by atoms with Crippen molar-refractivity contribution < 1.29 is 14.1 Å². The van der Waals surface area contributed by atoms with Crippen molar-refractivity contribution in [2.45, 2.75) is 6.92 Å². The second kappa shape index (κ2) is 7.97. The number of cyclic esters (lactones) is 1. The lowest BCUT2D eigenvalue weighted by atomic mass is 10.1. The van der Waals surface area contributed by atoms with Crippen LogP contribution in [0.2, 0.25) is 10.0 Å². The Hall–Kier alpha value is -3.09. The van der Waals surface area contributed by atoms with Crippen LogP contribution in [0, 0.1) is 6.92 Å². The van der Waals surface area contributed by atoms with E-state index in [1.807, 2.05) is 43.3 Å². The molecule has 0 saturated carbocycles. The molecular weight excluding hydrogens is 425 g/mol. The third-order valence-electron chi connectivity index (χ3n) is 4.60. The second-order valence-corrected chi connectivity index (χ2v) is 7.71. The number of anilines is 1. The number of rotatable bonds is 4. The van der Waals surface area contributed by atoms with Gasteiger partial charge >= 0.3 is 5.97 Å². The van der Waals surface area contributed by atoms with Gasteiger partial charge in [0, 0.05) is 19.8 Å². The first kappa shape index (κ1) is 20.2. The van der Waals surface area contributed by atoms with Gasteiger partial charge in [-0.1, -0.05) is 46.6 Å². The van der Waals surface area contributed by atoms with Crippen LogP contribution < -0.4 is 4.90 Å². The molecule has 0 N–H and O–H groups in total. The predicted molar refractivity (Wildman–Crippen MR) is 118 cm³/mol. The van der Waals surface area contributed by atoms with Gasteiger partial charge < -0.3 is 14.2 Å². The molecule has 0 spiro atoms. The van der Waals surface area contributed by atoms with E-state index in [9.17, 15) is 4.79 Å². The number of carbonyl (C=O) groups excluding carboxylic acids is 1. The molecule has 6 nitrogen and oxygen atoms in total. The first-order valence-corrected chi connectivity index (χ1v) is 9.81. The fraction of sp³-hybridized carbons (Fsp3) is 0.136. The zero-order valence-electron chi connectivity index (χ0n) is 16.4. The van der Waals surface area contributed by atoms with Crippen molar-refractivity contribution in [1.29, 1.82) is 0 Å². The zero-order chi connectivity index (χ0) is 21.4. The monoisotopic (exact) mass is 441 g/mol. The highest BCUT2D eigenvalue weighted by molar-refractivity contribution is 6.39. The van der Waals surface area contributed by atoms with E-state index in [2.05, 4.69) is 10.1 Å². The average molecular weight is 442 g/mol. The van der Waals surface area contributed by atoms with Crippen LogP contribution in [0.25, 0.3) is 17.4 Å². The minimum Gasteiger partial charge on any atom is -0.402 e. The Morgan fingerprint density at radius 2 is 1.67 bits per heavy atom. The summed E-state index contributed by atoms with van der Waals surface area (Å²) in [4.78, 5) is 18.8. The van der Waals surface area contributed by atoms with Gasteiger partial charge in [-0.3, -0.25) is 0 Å². The van der Waals surface area contributed by atoms with Gasteiger partial charge in [0.25, 0.3) is 0 Å². The second-order valence-electron chi connectivity index (χ2n) is 6.89. The molecule has 0 atom stereocenters. The first-order chi connectivity index (χ1) is 14.3. The van der Waals surface area contributed by atoms with E-state index in [4.69, 9.17) is 32.5 Å². The van der Waals surface area contributed by atoms with Crippen molar-refractivity contribution in [1.82, 2.24) is 5.16 Å². The lowest BCUT2D eigenvalue weighted by molar-refractivity contribution is -0.129. The van der Waals surface area contributed by atoms with Crippen molar-refractivity contribution >= 4 is 46.8 Å². The largest absolute Gasteiger partial charge is 0.402 e. The summed E-state index contributed by atoms with van der Waals surface area (Å²) in [5.74, 6) is -0.161. The first-order valence-electron chi connectivity index (χ1n) is 9.06. The van der Waals surface area contributed by atoms with Crippen molar-refractivity contribution in [3.63, 3.8) is 0 Å². The topological polar surface area (TPSA) is 67.9 Å². The van der Waals surface area contributed by atoms with E-state index < -0.39 is 5.97 Å². The smallest absolute Gasteiger partial charge is 0.363 e. The highest BCUT2D eigenvalue weighted by Crippen LogP contribution is 2.38. The number of ether oxygens (including phenoxy) is 1. The normalized spacial score (nSPS) is 14.8. The summed E-state index contributed by atoms with van der Waals surface area (Å²) >= 11 is 12.6. The summed E-state index contributed by atoms with van der Waals surface area (Å²) in [7, 11) is 3.92. The maximum atomic E-state index is 12.4. The molecule has 0 saturated heterocycles. The number of benzene rings is 2. The summed E-state index contributed by atoms with van der Waals surface area (Å²) in [5.41, 5.74) is 3.46. The van der Waals surface area contributed by atoms with Crippen molar-refractivity contribution in [2.24, 2.45) is 4.99 Å². The standard InChI is InChI=1S/C22H17Cl2N3O3/c1-12-18(20(30-26-12)19-15(23)5-4-6-16(19)24)21-25-17(22(28)29-21)11-13-7-9-14(10-8-13)27(2)3/h4-11H,1-3H3/b17-11-. The summed E-state index contributed by atoms with van der Waals surface area (Å²) < 4.78 is 10.9. The van der Waals surface area contributed by atoms with Crippen LogP contribution in [-0.4, -0.2) is 31.1 Å². The quantitative estimate of drug-likeness (QED) is 0.402. The summed E-state index contributed by atoms with van der Waals surface area (Å²) in [6.45, 7) is 1.73. The lowest BCUT2D eigenvalue weighted by Crippen LogP contribution is -2.08. The molecule has 2 aromatic carbocycles. The fourth-order valence-electron chi connectivity index (χ4n) is 3.05. The molecule has 3 aromatic rings. The minimum atomic E-state index is -0.557. The van der Waals surface area contributed by atoms with Gasteiger partial charge in [-0.2, -0.15) is 0 Å². The van der Waals surface area contributed by atoms with Crippen molar-refractivity contribution in [2.75, 3.05) is 19.0 Å². The average Bonchev–Trinajstić information content (AvgIpc) is 3.24. The summed E-state index contributed by atoms with van der Waals surface area (Å²) in [6, 6.07) is 12.8. The van der Waals surface area contributed by atoms with E-state index >= 15 is 0 Å². The third-order valence-corrected chi connectivity index (χ3v) is 5.23. The lowest BCUT2D eigenvalue weighted by Gasteiger charge is -2.11. The number of aryl methyl sites for hydroxylation is 1. The van der Waals surface area contributed by atoms with Crippen LogP contribution in [-0.2, 0) is 9.53 Å². The van der Waals surface area contributed by atoms with Crippen LogP contribution >= 0.6 is 23.2 Å². The Kier molecular flexibility index (Phi) is 5.37. The molecule has 1 aliphatic rings. The van der Waals surface area contributed by atoms with E-state index in [0.29, 0.717) is 32.6 Å². The Labute approximate surface area is 183 Å². The van der Waals surface area contributed by atoms with Crippen molar-refractivity contribution in [3.8, 4) is 11.3 Å². The van der Waals surface area contributed by atoms with E-state index in [1.165, 1.54) is 0 Å². The Balaban J connectivity index is 1.74. The molecule has 0 bridgehead atoms. The number of carbonyl (C=O) groups is 1. The van der Waals surface area contributed by atoms with Gasteiger partial charge in [0.15, 0.2) is 11.5 Å². The molecule has 8 heteroatoms. The number of halogens is 2. The molecule has 1 aliphatic heterocycles. The molecular formula is C22H17Cl2N3O3. The van der Waals surface area contributed by atoms with Gasteiger partial charge in [0.05, 0.1) is 21.3 Å². The van der Waals surface area contributed by atoms with Crippen LogP contribution in [0.1, 0.15) is 16.8 Å². The van der Waals surface area contributed by atoms with Gasteiger partial charge in [0.1, 0.15) is 5.56 Å². The molecule has 0 unspecified atom stereocenters. The molecule has 0 aliphatic carbocycles. The summed E-state index contributed by atoms with van der Waals surface area (Å²) in [5, 5.41) is 4.77. The molecule has 0 radical (unpaired) electrons. The number of esters is 1. The molecule has 0 fully saturated rings. The minimum absolute atomic E-state index is 0.0981. The molecule has 2 heterocycles. The molecule has 4 rings (SSSR count). The number of aromatic nitrogens is 1. The number of aliphatic imine (C=N–C) groups is 1. The Morgan fingerprint density at radius 3 is 2.30 bits per heavy atom. The summed E-state index contributed by atoms with van der Waals surface area (Å²) in [6.07, 6.45) is 1.67. The van der Waals surface area contributed by atoms with Gasteiger partial charge in [-0.25, -0.2) is 9.79 Å². The maximum absolute atomic E-state index is 12.4.